The summed E-state index contributed by atoms with van der Waals surface area (Å²) in [5.41, 5.74) is 3.17. The number of thioether (sulfide) groups is 1. The summed E-state index contributed by atoms with van der Waals surface area (Å²) in [5, 5.41) is 0. The number of hydrogen-bond donors (Lipinski definition) is 0. The molecule has 0 fully saturated rings. The number of hydrogen-bond acceptors (Lipinski definition) is 3. The van der Waals surface area contributed by atoms with Crippen LogP contribution in [0, 0.1) is 6.57 Å². The van der Waals surface area contributed by atoms with Gasteiger partial charge in [0.25, 0.3) is 0 Å². The van der Waals surface area contributed by atoms with E-state index in [0.717, 1.165) is 42.4 Å². The highest BCUT2D eigenvalue weighted by molar-refractivity contribution is 7.99. The van der Waals surface area contributed by atoms with Crippen LogP contribution in [0.3, 0.4) is 0 Å². The number of nitrogens with zero attached hydrogens (tertiary/aromatic N) is 2. The van der Waals surface area contributed by atoms with E-state index in [0.29, 0.717) is 0 Å². The maximum atomic E-state index is 7.30. The van der Waals surface area contributed by atoms with Gasteiger partial charge in [0.2, 0.25) is 0 Å². The molecule has 22 heavy (non-hydrogen) atoms. The van der Waals surface area contributed by atoms with E-state index in [9.17, 15) is 0 Å². The highest BCUT2D eigenvalue weighted by atomic mass is 32.2. The zero-order valence-corrected chi connectivity index (χ0v) is 13.4. The summed E-state index contributed by atoms with van der Waals surface area (Å²) in [5.74, 6) is 1.97. The first kappa shape index (κ1) is 15.0. The lowest BCUT2D eigenvalue weighted by atomic mass is 10.1. The first-order chi connectivity index (χ1) is 10.8. The fraction of sp³-hybridized carbons (Fsp3) is 0.278. The van der Waals surface area contributed by atoms with Crippen LogP contribution in [0.4, 0.5) is 5.69 Å². The van der Waals surface area contributed by atoms with Crippen LogP contribution in [0.1, 0.15) is 11.1 Å². The van der Waals surface area contributed by atoms with Gasteiger partial charge in [-0.25, -0.2) is 4.85 Å². The van der Waals surface area contributed by atoms with Gasteiger partial charge in [-0.05, 0) is 29.3 Å². The first-order valence-electron chi connectivity index (χ1n) is 7.27. The Hall–Kier alpha value is -1.96. The number of rotatable bonds is 3. The van der Waals surface area contributed by atoms with E-state index in [1.54, 1.807) is 7.11 Å². The maximum absolute atomic E-state index is 7.30. The summed E-state index contributed by atoms with van der Waals surface area (Å²) >= 11 is 1.90. The molecule has 3 nitrogen and oxygen atoms in total. The van der Waals surface area contributed by atoms with Gasteiger partial charge in [0.15, 0.2) is 5.69 Å². The molecule has 0 aromatic heterocycles. The Morgan fingerprint density at radius 2 is 2.14 bits per heavy atom. The van der Waals surface area contributed by atoms with Crippen LogP contribution < -0.4 is 4.74 Å². The predicted molar refractivity (Wildman–Crippen MR) is 90.5 cm³/mol. The molecule has 1 heterocycles. The SMILES string of the molecule is [C-]#[N+]c1ccccc1CN1CCSc2ccc(OC)cc2C1. The van der Waals surface area contributed by atoms with E-state index < -0.39 is 0 Å². The number of ether oxygens (including phenoxy) is 1. The first-order valence-corrected chi connectivity index (χ1v) is 8.26. The van der Waals surface area contributed by atoms with E-state index in [4.69, 9.17) is 11.3 Å². The lowest BCUT2D eigenvalue weighted by molar-refractivity contribution is 0.274. The average Bonchev–Trinajstić information content (AvgIpc) is 2.76. The molecule has 1 aliphatic rings. The summed E-state index contributed by atoms with van der Waals surface area (Å²) in [7, 11) is 1.70. The van der Waals surface area contributed by atoms with Crippen molar-refractivity contribution in [1.29, 1.82) is 0 Å². The Morgan fingerprint density at radius 3 is 2.95 bits per heavy atom. The van der Waals surface area contributed by atoms with Crippen molar-refractivity contribution in [2.75, 3.05) is 19.4 Å². The highest BCUT2D eigenvalue weighted by Gasteiger charge is 2.16. The number of methoxy groups -OCH3 is 1. The molecular formula is C18H18N2OS. The van der Waals surface area contributed by atoms with Crippen LogP contribution in [0.25, 0.3) is 4.85 Å². The van der Waals surface area contributed by atoms with E-state index in [1.165, 1.54) is 10.5 Å². The molecule has 112 valence electrons. The summed E-state index contributed by atoms with van der Waals surface area (Å²) in [6.45, 7) is 10.0. The van der Waals surface area contributed by atoms with Gasteiger partial charge in [0.1, 0.15) is 5.75 Å². The molecule has 1 aliphatic heterocycles. The van der Waals surface area contributed by atoms with Crippen LogP contribution in [-0.2, 0) is 13.1 Å². The minimum absolute atomic E-state index is 0.755. The monoisotopic (exact) mass is 310 g/mol. The largest absolute Gasteiger partial charge is 0.497 e. The predicted octanol–water partition coefficient (Wildman–Crippen LogP) is 4.35. The molecule has 3 rings (SSSR count). The second-order valence-corrected chi connectivity index (χ2v) is 6.41. The number of para-hydroxylation sites is 1. The molecule has 0 saturated carbocycles. The Labute approximate surface area is 135 Å². The Balaban J connectivity index is 1.82. The molecule has 2 aromatic carbocycles. The minimum Gasteiger partial charge on any atom is -0.497 e. The van der Waals surface area contributed by atoms with Gasteiger partial charge in [0.05, 0.1) is 13.7 Å². The molecule has 2 aromatic rings. The molecule has 0 bridgehead atoms. The molecule has 4 heteroatoms. The van der Waals surface area contributed by atoms with Crippen molar-refractivity contribution in [3.63, 3.8) is 0 Å². The summed E-state index contributed by atoms with van der Waals surface area (Å²) in [6, 6.07) is 14.2. The van der Waals surface area contributed by atoms with Crippen LogP contribution in [-0.4, -0.2) is 24.3 Å². The Bertz CT molecular complexity index is 708. The van der Waals surface area contributed by atoms with Gasteiger partial charge in [-0.15, -0.1) is 11.8 Å². The van der Waals surface area contributed by atoms with Crippen LogP contribution in [0.2, 0.25) is 0 Å². The summed E-state index contributed by atoms with van der Waals surface area (Å²) < 4.78 is 5.34. The normalized spacial score (nSPS) is 14.7. The van der Waals surface area contributed by atoms with E-state index in [-0.39, 0.29) is 0 Å². The second-order valence-electron chi connectivity index (χ2n) is 5.27. The van der Waals surface area contributed by atoms with Gasteiger partial charge in [-0.2, -0.15) is 0 Å². The van der Waals surface area contributed by atoms with Gasteiger partial charge in [-0.3, -0.25) is 4.90 Å². The topological polar surface area (TPSA) is 16.8 Å². The van der Waals surface area contributed by atoms with E-state index in [1.807, 2.05) is 36.0 Å². The zero-order chi connectivity index (χ0) is 15.4. The molecule has 0 aliphatic carbocycles. The van der Waals surface area contributed by atoms with Crippen molar-refractivity contribution >= 4 is 17.4 Å². The third kappa shape index (κ3) is 3.27. The third-order valence-corrected chi connectivity index (χ3v) is 4.93. The van der Waals surface area contributed by atoms with Crippen molar-refractivity contribution in [2.24, 2.45) is 0 Å². The van der Waals surface area contributed by atoms with Gasteiger partial charge in [0, 0.05) is 30.3 Å². The molecule has 0 spiro atoms. The van der Waals surface area contributed by atoms with Crippen LogP contribution in [0.5, 0.6) is 5.75 Å². The maximum Gasteiger partial charge on any atom is 0.191 e. The second kappa shape index (κ2) is 6.87. The Morgan fingerprint density at radius 1 is 1.27 bits per heavy atom. The van der Waals surface area contributed by atoms with Gasteiger partial charge < -0.3 is 4.74 Å². The van der Waals surface area contributed by atoms with Crippen molar-refractivity contribution in [3.05, 3.63) is 65.0 Å². The standard InChI is InChI=1S/C18H18N2OS/c1-19-17-6-4-3-5-14(17)12-20-9-10-22-18-8-7-16(21-2)11-15(18)13-20/h3-8,11H,9-10,12-13H2,2H3. The fourth-order valence-electron chi connectivity index (χ4n) is 2.68. The van der Waals surface area contributed by atoms with Gasteiger partial charge >= 0.3 is 0 Å². The van der Waals surface area contributed by atoms with Gasteiger partial charge in [-0.1, -0.05) is 24.3 Å². The van der Waals surface area contributed by atoms with E-state index in [2.05, 4.69) is 27.9 Å². The van der Waals surface area contributed by atoms with Crippen molar-refractivity contribution in [1.82, 2.24) is 4.90 Å². The molecule has 0 radical (unpaired) electrons. The van der Waals surface area contributed by atoms with Crippen molar-refractivity contribution in [3.8, 4) is 5.75 Å². The molecule has 0 atom stereocenters. The van der Waals surface area contributed by atoms with Crippen molar-refractivity contribution < 1.29 is 4.74 Å². The van der Waals surface area contributed by atoms with E-state index >= 15 is 0 Å². The molecular weight excluding hydrogens is 292 g/mol. The lowest BCUT2D eigenvalue weighted by Gasteiger charge is -2.21. The lowest BCUT2D eigenvalue weighted by Crippen LogP contribution is -2.24. The summed E-state index contributed by atoms with van der Waals surface area (Å²) in [6.07, 6.45) is 0. The highest BCUT2D eigenvalue weighted by Crippen LogP contribution is 2.31. The number of benzene rings is 2. The smallest absolute Gasteiger partial charge is 0.191 e. The number of fused-ring (bicyclic) bond motifs is 1. The molecule has 0 amide bonds. The Kier molecular flexibility index (Phi) is 4.67. The van der Waals surface area contributed by atoms with Crippen molar-refractivity contribution in [2.45, 2.75) is 18.0 Å². The molecule has 0 unspecified atom stereocenters. The summed E-state index contributed by atoms with van der Waals surface area (Å²) in [4.78, 5) is 7.37. The average molecular weight is 310 g/mol. The van der Waals surface area contributed by atoms with Crippen LogP contribution >= 0.6 is 11.8 Å². The third-order valence-electron chi connectivity index (χ3n) is 3.83. The molecule has 0 N–H and O–H groups in total. The minimum atomic E-state index is 0.755. The quantitative estimate of drug-likeness (QED) is 0.784. The zero-order valence-electron chi connectivity index (χ0n) is 12.6. The van der Waals surface area contributed by atoms with Crippen LogP contribution in [0.15, 0.2) is 47.4 Å². The fourth-order valence-corrected chi connectivity index (χ4v) is 3.72. The molecule has 0 saturated heterocycles.